The molecule has 0 amide bonds. The zero-order valence-electron chi connectivity index (χ0n) is 14.8. The number of thioether (sulfide) groups is 1. The van der Waals surface area contributed by atoms with E-state index in [1.54, 1.807) is 0 Å². The number of hydrogen-bond acceptors (Lipinski definition) is 3. The molecular formula is C17H28IN5S. The minimum atomic E-state index is 0. The molecule has 0 saturated heterocycles. The van der Waals surface area contributed by atoms with Gasteiger partial charge in [-0.2, -0.15) is 11.8 Å². The van der Waals surface area contributed by atoms with Crippen molar-refractivity contribution < 1.29 is 0 Å². The van der Waals surface area contributed by atoms with Crippen molar-refractivity contribution in [2.24, 2.45) is 4.99 Å². The first-order chi connectivity index (χ1) is 11.0. The Bertz CT molecular complexity index is 620. The predicted octanol–water partition coefficient (Wildman–Crippen LogP) is 3.42. The van der Waals surface area contributed by atoms with Crippen molar-refractivity contribution in [1.82, 2.24) is 20.6 Å². The van der Waals surface area contributed by atoms with Crippen molar-refractivity contribution in [1.29, 1.82) is 0 Å². The van der Waals surface area contributed by atoms with E-state index in [2.05, 4.69) is 58.7 Å². The second-order valence-corrected chi connectivity index (χ2v) is 7.55. The minimum Gasteiger partial charge on any atom is -0.357 e. The first-order valence-corrected chi connectivity index (χ1v) is 9.27. The molecule has 3 N–H and O–H groups in total. The number of aromatic nitrogens is 2. The monoisotopic (exact) mass is 461 g/mol. The smallest absolute Gasteiger partial charge is 0.191 e. The van der Waals surface area contributed by atoms with Gasteiger partial charge >= 0.3 is 0 Å². The number of aliphatic imine (C=N–C) groups is 1. The molecule has 0 radical (unpaired) electrons. The van der Waals surface area contributed by atoms with Gasteiger partial charge in [0.05, 0.1) is 17.6 Å². The van der Waals surface area contributed by atoms with Crippen molar-refractivity contribution in [3.05, 3.63) is 30.1 Å². The molecule has 24 heavy (non-hydrogen) atoms. The topological polar surface area (TPSA) is 65.1 Å². The zero-order valence-corrected chi connectivity index (χ0v) is 18.0. The minimum absolute atomic E-state index is 0. The van der Waals surface area contributed by atoms with E-state index in [9.17, 15) is 0 Å². The number of halogens is 1. The number of hydrogen-bond donors (Lipinski definition) is 3. The largest absolute Gasteiger partial charge is 0.357 e. The van der Waals surface area contributed by atoms with Crippen LogP contribution in [0.15, 0.2) is 29.3 Å². The number of para-hydroxylation sites is 2. The summed E-state index contributed by atoms with van der Waals surface area (Å²) in [4.78, 5) is 12.6. The summed E-state index contributed by atoms with van der Waals surface area (Å²) in [6.07, 6.45) is 2.96. The molecular weight excluding hydrogens is 433 g/mol. The number of imidazole rings is 1. The van der Waals surface area contributed by atoms with Gasteiger partial charge in [0, 0.05) is 24.3 Å². The van der Waals surface area contributed by atoms with Gasteiger partial charge in [0.2, 0.25) is 0 Å². The molecule has 0 aliphatic rings. The normalized spacial score (nSPS) is 12.1. The van der Waals surface area contributed by atoms with Crippen LogP contribution in [0, 0.1) is 0 Å². The van der Waals surface area contributed by atoms with Crippen LogP contribution in [0.3, 0.4) is 0 Å². The van der Waals surface area contributed by atoms with Gasteiger partial charge in [-0.15, -0.1) is 24.0 Å². The lowest BCUT2D eigenvalue weighted by molar-refractivity contribution is 0.708. The molecule has 1 aromatic heterocycles. The average Bonchev–Trinajstić information content (AvgIpc) is 2.95. The highest BCUT2D eigenvalue weighted by atomic mass is 127. The number of guanidine groups is 1. The second-order valence-electron chi connectivity index (χ2n) is 6.04. The third-order valence-electron chi connectivity index (χ3n) is 3.61. The lowest BCUT2D eigenvalue weighted by Gasteiger charge is -2.20. The maximum absolute atomic E-state index is 4.67. The third kappa shape index (κ3) is 6.51. The summed E-state index contributed by atoms with van der Waals surface area (Å²) in [5.74, 6) is 1.87. The molecule has 0 bridgehead atoms. The summed E-state index contributed by atoms with van der Waals surface area (Å²) < 4.78 is 0.154. The van der Waals surface area contributed by atoms with Crippen molar-refractivity contribution >= 4 is 52.7 Å². The van der Waals surface area contributed by atoms with E-state index < -0.39 is 0 Å². The number of benzene rings is 1. The summed E-state index contributed by atoms with van der Waals surface area (Å²) in [5, 5.41) is 6.67. The SMILES string of the molecule is CCNC(=NCC(C)(C)SC)NCCc1nc2ccccc2[nH]1.I. The van der Waals surface area contributed by atoms with Gasteiger partial charge in [0.15, 0.2) is 5.96 Å². The van der Waals surface area contributed by atoms with E-state index >= 15 is 0 Å². The van der Waals surface area contributed by atoms with Crippen LogP contribution < -0.4 is 10.6 Å². The zero-order chi connectivity index (χ0) is 16.7. The molecule has 0 unspecified atom stereocenters. The average molecular weight is 461 g/mol. The molecule has 134 valence electrons. The Kier molecular flexibility index (Phi) is 8.90. The van der Waals surface area contributed by atoms with Gasteiger partial charge in [0.1, 0.15) is 5.82 Å². The Hall–Kier alpha value is -0.960. The third-order valence-corrected chi connectivity index (χ3v) is 4.84. The van der Waals surface area contributed by atoms with Gasteiger partial charge in [-0.1, -0.05) is 12.1 Å². The van der Waals surface area contributed by atoms with E-state index in [1.807, 2.05) is 30.0 Å². The molecule has 0 aliphatic carbocycles. The molecule has 2 rings (SSSR count). The molecule has 5 nitrogen and oxygen atoms in total. The van der Waals surface area contributed by atoms with Crippen LogP contribution >= 0.6 is 35.7 Å². The fourth-order valence-electron chi connectivity index (χ4n) is 2.10. The molecule has 0 fully saturated rings. The van der Waals surface area contributed by atoms with Gasteiger partial charge < -0.3 is 15.6 Å². The Balaban J connectivity index is 0.00000288. The molecule has 0 saturated carbocycles. The summed E-state index contributed by atoms with van der Waals surface area (Å²) in [5.41, 5.74) is 2.11. The fraction of sp³-hybridized carbons (Fsp3) is 0.529. The van der Waals surface area contributed by atoms with E-state index in [0.29, 0.717) is 0 Å². The molecule has 0 spiro atoms. The first-order valence-electron chi connectivity index (χ1n) is 8.05. The maximum atomic E-state index is 4.67. The number of H-pyrrole nitrogens is 1. The molecule has 0 aliphatic heterocycles. The van der Waals surface area contributed by atoms with Gasteiger partial charge in [0.25, 0.3) is 0 Å². The van der Waals surface area contributed by atoms with E-state index in [-0.39, 0.29) is 28.7 Å². The Labute approximate surface area is 165 Å². The summed E-state index contributed by atoms with van der Waals surface area (Å²) in [6, 6.07) is 8.11. The lowest BCUT2D eigenvalue weighted by Crippen LogP contribution is -2.39. The Morgan fingerprint density at radius 1 is 1.29 bits per heavy atom. The van der Waals surface area contributed by atoms with Crippen LogP contribution in [0.25, 0.3) is 11.0 Å². The van der Waals surface area contributed by atoms with Crippen LogP contribution in [0.1, 0.15) is 26.6 Å². The van der Waals surface area contributed by atoms with Crippen LogP contribution in [-0.4, -0.2) is 46.6 Å². The quantitative estimate of drug-likeness (QED) is 0.336. The Morgan fingerprint density at radius 2 is 2.04 bits per heavy atom. The van der Waals surface area contributed by atoms with Crippen molar-refractivity contribution in [3.63, 3.8) is 0 Å². The molecule has 0 atom stereocenters. The van der Waals surface area contributed by atoms with Crippen LogP contribution in [0.2, 0.25) is 0 Å². The molecule has 1 heterocycles. The molecule has 2 aromatic rings. The highest BCUT2D eigenvalue weighted by molar-refractivity contribution is 14.0. The maximum Gasteiger partial charge on any atom is 0.191 e. The van der Waals surface area contributed by atoms with Crippen molar-refractivity contribution in [2.45, 2.75) is 31.9 Å². The highest BCUT2D eigenvalue weighted by Gasteiger charge is 2.15. The van der Waals surface area contributed by atoms with Gasteiger partial charge in [-0.25, -0.2) is 4.98 Å². The fourth-order valence-corrected chi connectivity index (χ4v) is 2.29. The number of aromatic amines is 1. The first kappa shape index (κ1) is 21.1. The molecule has 1 aromatic carbocycles. The van der Waals surface area contributed by atoms with Crippen molar-refractivity contribution in [2.75, 3.05) is 25.9 Å². The van der Waals surface area contributed by atoms with E-state index in [4.69, 9.17) is 0 Å². The van der Waals surface area contributed by atoms with E-state index in [1.165, 1.54) is 0 Å². The standard InChI is InChI=1S/C17H27N5S.HI/c1-5-18-16(20-12-17(2,3)23-4)19-11-10-15-21-13-8-6-7-9-14(13)22-15;/h6-9H,5,10-12H2,1-4H3,(H,21,22)(H2,18,19,20);1H. The summed E-state index contributed by atoms with van der Waals surface area (Å²) >= 11 is 1.83. The van der Waals surface area contributed by atoms with Gasteiger partial charge in [-0.3, -0.25) is 4.99 Å². The highest BCUT2D eigenvalue weighted by Crippen LogP contribution is 2.20. The second kappa shape index (κ2) is 10.1. The van der Waals surface area contributed by atoms with Crippen molar-refractivity contribution in [3.8, 4) is 0 Å². The number of nitrogens with zero attached hydrogens (tertiary/aromatic N) is 2. The summed E-state index contributed by atoms with van der Waals surface area (Å²) in [7, 11) is 0. The number of rotatable bonds is 7. The van der Waals surface area contributed by atoms with Gasteiger partial charge in [-0.05, 0) is 39.2 Å². The van der Waals surface area contributed by atoms with Crippen LogP contribution in [-0.2, 0) is 6.42 Å². The van der Waals surface area contributed by atoms with E-state index in [0.717, 1.165) is 48.9 Å². The Morgan fingerprint density at radius 3 is 2.71 bits per heavy atom. The lowest BCUT2D eigenvalue weighted by atomic mass is 10.2. The number of fused-ring (bicyclic) bond motifs is 1. The predicted molar refractivity (Wildman–Crippen MR) is 117 cm³/mol. The summed E-state index contributed by atoms with van der Waals surface area (Å²) in [6.45, 7) is 8.93. The van der Waals surface area contributed by atoms with Crippen LogP contribution in [0.4, 0.5) is 0 Å². The molecule has 7 heteroatoms. The van der Waals surface area contributed by atoms with Crippen LogP contribution in [0.5, 0.6) is 0 Å². The number of nitrogens with one attached hydrogen (secondary N) is 3.